The molecular weight excluding hydrogens is 798 g/mol. The lowest BCUT2D eigenvalue weighted by atomic mass is 10.1. The smallest absolute Gasteiger partial charge is 0.255 e. The Morgan fingerprint density at radius 1 is 0.557 bits per heavy atom. The van der Waals surface area contributed by atoms with Crippen LogP contribution in [0.1, 0.15) is 42.9 Å². The average Bonchev–Trinajstić information content (AvgIpc) is 3.26. The summed E-state index contributed by atoms with van der Waals surface area (Å²) in [5.41, 5.74) is 11.9. The molecule has 12 N–H and O–H groups in total. The van der Waals surface area contributed by atoms with E-state index in [0.29, 0.717) is 5.69 Å². The number of nitrogens with two attached hydrogens (primary N) is 2. The van der Waals surface area contributed by atoms with Crippen LogP contribution >= 0.6 is 0 Å². The van der Waals surface area contributed by atoms with Crippen molar-refractivity contribution in [3.8, 4) is 23.0 Å². The summed E-state index contributed by atoms with van der Waals surface area (Å²) in [4.78, 5) is 88.0. The Morgan fingerprint density at radius 3 is 1.49 bits per heavy atom. The van der Waals surface area contributed by atoms with E-state index in [2.05, 4.69) is 37.2 Å². The van der Waals surface area contributed by atoms with Gasteiger partial charge in [0, 0.05) is 28.2 Å². The van der Waals surface area contributed by atoms with Gasteiger partial charge in [-0.25, -0.2) is 0 Å². The Bertz CT molecular complexity index is 2300. The van der Waals surface area contributed by atoms with Gasteiger partial charge >= 0.3 is 0 Å². The van der Waals surface area contributed by atoms with Crippen LogP contribution in [0.5, 0.6) is 23.0 Å². The van der Waals surface area contributed by atoms with Crippen molar-refractivity contribution in [2.75, 3.05) is 75.9 Å². The average molecular weight is 844 g/mol. The van der Waals surface area contributed by atoms with Crippen molar-refractivity contribution < 1.29 is 57.6 Å². The second kappa shape index (κ2) is 21.9. The third-order valence-electron chi connectivity index (χ3n) is 8.48. The Balaban J connectivity index is 1.33. The molecule has 4 aromatic rings. The first-order chi connectivity index (χ1) is 29.2. The predicted octanol–water partition coefficient (Wildman–Crippen LogP) is 0.673. The summed E-state index contributed by atoms with van der Waals surface area (Å²) in [6.07, 6.45) is -1.38. The van der Waals surface area contributed by atoms with E-state index < -0.39 is 60.7 Å². The summed E-state index contributed by atoms with van der Waals surface area (Å²) < 4.78 is 21.1. The van der Waals surface area contributed by atoms with Crippen LogP contribution < -0.4 is 67.6 Å². The molecule has 0 aromatic heterocycles. The minimum absolute atomic E-state index is 0.0198. The van der Waals surface area contributed by atoms with Gasteiger partial charge < -0.3 is 67.4 Å². The second-order valence-electron chi connectivity index (χ2n) is 12.6. The van der Waals surface area contributed by atoms with Gasteiger partial charge in [0.25, 0.3) is 11.8 Å². The van der Waals surface area contributed by atoms with Crippen LogP contribution in [0.3, 0.4) is 0 Å². The van der Waals surface area contributed by atoms with E-state index >= 15 is 0 Å². The zero-order chi connectivity index (χ0) is 44.6. The minimum Gasteiger partial charge on any atom is -0.496 e. The highest BCUT2D eigenvalue weighted by Crippen LogP contribution is 2.28. The molecule has 4 aromatic carbocycles. The minimum atomic E-state index is -1.38. The molecule has 0 aliphatic heterocycles. The highest BCUT2D eigenvalue weighted by Gasteiger charge is 2.20. The van der Waals surface area contributed by atoms with E-state index in [1.54, 1.807) is 6.07 Å². The standard InChI is InChI=1S/C40H45N9O12/c1-58-29-10-6-22(46-33(50)17-41)14-25(29)38(55)43-18-34(51)47-23-7-11-30(59-2)26(15-23)39(56)44-19-35(52)48-24-8-12-31(60-3)27(16-24)40(57)45-20-36(53)49-28-13-21(37(42)54)5-9-32(28)61-4/h5-16,38,43,55H,17-20,41H2,1-4H3,(H2,42,54)(H,44,56)(H,45,57)(H,46,50)(H,47,51)(H,48,52)(H,49,53). The van der Waals surface area contributed by atoms with Crippen LogP contribution in [0.15, 0.2) is 72.8 Å². The van der Waals surface area contributed by atoms with Gasteiger partial charge in [0.2, 0.25) is 29.5 Å². The summed E-state index contributed by atoms with van der Waals surface area (Å²) in [6.45, 7) is -1.64. The summed E-state index contributed by atoms with van der Waals surface area (Å²) in [7, 11) is 5.42. The Morgan fingerprint density at radius 2 is 1.00 bits per heavy atom. The lowest BCUT2D eigenvalue weighted by Gasteiger charge is -2.18. The van der Waals surface area contributed by atoms with E-state index in [-0.39, 0.29) is 75.4 Å². The molecule has 0 aliphatic carbocycles. The van der Waals surface area contributed by atoms with Crippen LogP contribution in [-0.4, -0.2) is 101 Å². The van der Waals surface area contributed by atoms with Gasteiger partial charge in [0.05, 0.1) is 71.4 Å². The predicted molar refractivity (Wildman–Crippen MR) is 222 cm³/mol. The first-order valence-electron chi connectivity index (χ1n) is 18.1. The molecule has 1 unspecified atom stereocenters. The van der Waals surface area contributed by atoms with Gasteiger partial charge in [-0.2, -0.15) is 0 Å². The summed E-state index contributed by atoms with van der Waals surface area (Å²) in [5, 5.41) is 28.7. The number of amides is 7. The molecule has 0 saturated heterocycles. The van der Waals surface area contributed by atoms with E-state index in [1.165, 1.54) is 95.2 Å². The second-order valence-corrected chi connectivity index (χ2v) is 12.6. The van der Waals surface area contributed by atoms with Crippen molar-refractivity contribution in [1.82, 2.24) is 16.0 Å². The van der Waals surface area contributed by atoms with Crippen molar-refractivity contribution in [3.63, 3.8) is 0 Å². The molecule has 7 amide bonds. The fourth-order valence-corrected chi connectivity index (χ4v) is 5.54. The lowest BCUT2D eigenvalue weighted by molar-refractivity contribution is -0.116. The number of anilines is 4. The molecule has 0 saturated carbocycles. The fourth-order valence-electron chi connectivity index (χ4n) is 5.54. The van der Waals surface area contributed by atoms with E-state index in [9.17, 15) is 38.7 Å². The maximum Gasteiger partial charge on any atom is 0.255 e. The Hall–Kier alpha value is -7.75. The van der Waals surface area contributed by atoms with E-state index in [1.807, 2.05) is 0 Å². The number of hydrogen-bond donors (Lipinski definition) is 10. The molecule has 322 valence electrons. The van der Waals surface area contributed by atoms with Gasteiger partial charge in [-0.3, -0.25) is 38.9 Å². The van der Waals surface area contributed by atoms with Crippen molar-refractivity contribution >= 4 is 64.1 Å². The number of aliphatic hydroxyl groups is 1. The van der Waals surface area contributed by atoms with Crippen LogP contribution in [0.2, 0.25) is 0 Å². The van der Waals surface area contributed by atoms with Crippen molar-refractivity contribution in [2.45, 2.75) is 6.23 Å². The van der Waals surface area contributed by atoms with Crippen molar-refractivity contribution in [2.24, 2.45) is 11.5 Å². The molecule has 4 rings (SSSR count). The molecule has 0 aliphatic rings. The quantitative estimate of drug-likeness (QED) is 0.0548. The normalized spacial score (nSPS) is 10.9. The molecule has 61 heavy (non-hydrogen) atoms. The molecule has 0 bridgehead atoms. The Kier molecular flexibility index (Phi) is 16.5. The molecule has 21 nitrogen and oxygen atoms in total. The van der Waals surface area contributed by atoms with Gasteiger partial charge in [0.15, 0.2) is 0 Å². The van der Waals surface area contributed by atoms with Crippen LogP contribution in [0.25, 0.3) is 0 Å². The number of carbonyl (C=O) groups excluding carboxylic acids is 7. The third-order valence-corrected chi connectivity index (χ3v) is 8.48. The number of carbonyl (C=O) groups is 7. The topological polar surface area (TPSA) is 313 Å². The number of methoxy groups -OCH3 is 4. The van der Waals surface area contributed by atoms with E-state index in [0.717, 1.165) is 0 Å². The number of primary amides is 1. The highest BCUT2D eigenvalue weighted by atomic mass is 16.5. The maximum absolute atomic E-state index is 13.2. The zero-order valence-corrected chi connectivity index (χ0v) is 33.4. The van der Waals surface area contributed by atoms with Crippen LogP contribution in [-0.2, 0) is 19.2 Å². The number of benzene rings is 4. The zero-order valence-electron chi connectivity index (χ0n) is 33.4. The SMILES string of the molecule is COc1ccc(C(N)=O)cc1NC(=O)CNC(=O)c1cc(NC(=O)CNC(=O)c2cc(NC(=O)CNC(O)c3cc(NC(=O)CN)ccc3OC)ccc2OC)ccc1OC. The monoisotopic (exact) mass is 843 g/mol. The molecule has 0 spiro atoms. The summed E-state index contributed by atoms with van der Waals surface area (Å²) in [5.74, 6) is -3.72. The van der Waals surface area contributed by atoms with Gasteiger partial charge in [0.1, 0.15) is 29.2 Å². The number of rotatable bonds is 20. The number of ether oxygens (including phenoxy) is 4. The molecular formula is C40H45N9O12. The van der Waals surface area contributed by atoms with E-state index in [4.69, 9.17) is 30.4 Å². The fraction of sp³-hybridized carbons (Fsp3) is 0.225. The maximum atomic E-state index is 13.2. The molecule has 0 fully saturated rings. The highest BCUT2D eigenvalue weighted by molar-refractivity contribution is 6.05. The number of hydrogen-bond acceptors (Lipinski definition) is 14. The first kappa shape index (κ1) is 45.9. The summed E-state index contributed by atoms with van der Waals surface area (Å²) >= 11 is 0. The third kappa shape index (κ3) is 12.9. The largest absolute Gasteiger partial charge is 0.496 e. The van der Waals surface area contributed by atoms with Gasteiger partial charge in [-0.15, -0.1) is 0 Å². The first-order valence-corrected chi connectivity index (χ1v) is 18.1. The van der Waals surface area contributed by atoms with Gasteiger partial charge in [-0.05, 0) is 72.8 Å². The number of aliphatic hydroxyl groups excluding tert-OH is 1. The lowest BCUT2D eigenvalue weighted by Crippen LogP contribution is -2.34. The molecule has 1 atom stereocenters. The molecule has 0 radical (unpaired) electrons. The number of nitrogens with one attached hydrogen (secondary N) is 7. The van der Waals surface area contributed by atoms with Crippen LogP contribution in [0, 0.1) is 0 Å². The van der Waals surface area contributed by atoms with Crippen molar-refractivity contribution in [1.29, 1.82) is 0 Å². The van der Waals surface area contributed by atoms with Crippen molar-refractivity contribution in [3.05, 3.63) is 95.1 Å². The molecule has 0 heterocycles. The Labute approximate surface area is 348 Å². The molecule has 21 heteroatoms. The van der Waals surface area contributed by atoms with Crippen LogP contribution in [0.4, 0.5) is 22.7 Å². The van der Waals surface area contributed by atoms with Gasteiger partial charge in [-0.1, -0.05) is 0 Å². The summed E-state index contributed by atoms with van der Waals surface area (Å²) in [6, 6.07) is 17.2.